The number of aromatic nitrogens is 7. The second kappa shape index (κ2) is 10.7. The minimum atomic E-state index is -1.11. The summed E-state index contributed by atoms with van der Waals surface area (Å²) in [7, 11) is 1.53. The normalized spacial score (nSPS) is 19.6. The van der Waals surface area contributed by atoms with Crippen LogP contribution in [-0.2, 0) is 9.53 Å². The summed E-state index contributed by atoms with van der Waals surface area (Å²) in [6.07, 6.45) is 8.83. The Morgan fingerprint density at radius 2 is 2.08 bits per heavy atom. The van der Waals surface area contributed by atoms with Gasteiger partial charge in [0.1, 0.15) is 11.6 Å². The number of hydrogen-bond acceptors (Lipinski definition) is 8. The van der Waals surface area contributed by atoms with Crippen LogP contribution in [0.3, 0.4) is 0 Å². The lowest BCUT2D eigenvalue weighted by atomic mass is 9.83. The number of halogens is 1. The number of ether oxygens (including phenoxy) is 1. The molecule has 0 radical (unpaired) electrons. The maximum absolute atomic E-state index is 13.4. The Bertz CT molecular complexity index is 1500. The van der Waals surface area contributed by atoms with Crippen molar-refractivity contribution in [2.24, 2.45) is 0 Å². The smallest absolute Gasteiger partial charge is 0.256 e. The summed E-state index contributed by atoms with van der Waals surface area (Å²) in [5.74, 6) is 1.74. The lowest BCUT2D eigenvalue weighted by molar-refractivity contribution is -0.140. The number of hydrogen-bond donors (Lipinski definition) is 3. The first-order valence-electron chi connectivity index (χ1n) is 12.6. The molecule has 1 amide bonds. The fourth-order valence-corrected chi connectivity index (χ4v) is 4.54. The number of carbonyl (C=O) groups excluding carboxylic acids is 1. The molecule has 3 atom stereocenters. The number of H-pyrrole nitrogens is 1. The van der Waals surface area contributed by atoms with Gasteiger partial charge in [-0.2, -0.15) is 10.2 Å². The van der Waals surface area contributed by atoms with E-state index in [0.717, 1.165) is 23.1 Å². The molecule has 0 aromatic carbocycles. The number of amides is 1. The minimum Gasteiger partial charge on any atom is -0.364 e. The molecule has 4 aromatic rings. The van der Waals surface area contributed by atoms with Gasteiger partial charge >= 0.3 is 0 Å². The number of carbonyl (C=O) groups is 1. The van der Waals surface area contributed by atoms with Crippen LogP contribution < -0.4 is 10.6 Å². The fraction of sp³-hybridized carbons (Fsp3) is 0.333. The van der Waals surface area contributed by atoms with Crippen molar-refractivity contribution in [1.82, 2.24) is 40.2 Å². The Kier molecular flexibility index (Phi) is 7.20. The zero-order valence-electron chi connectivity index (χ0n) is 22.1. The number of rotatable bonds is 8. The molecule has 5 rings (SSSR count). The van der Waals surface area contributed by atoms with Gasteiger partial charge in [0.05, 0.1) is 18.4 Å². The van der Waals surface area contributed by atoms with E-state index in [9.17, 15) is 9.18 Å². The number of nitrogens with zero attached hydrogens (tertiary/aromatic N) is 6. The second-order valence-corrected chi connectivity index (χ2v) is 9.66. The summed E-state index contributed by atoms with van der Waals surface area (Å²) < 4.78 is 20.3. The highest BCUT2D eigenvalue weighted by Gasteiger charge is 2.40. The SMILES string of the molecule is CO[C@@]1(C(=O)N[C@@H](C)c2ccc(-n3cc(F)cn3)nc2)C=C[C@H](c2nc(C)cc(Nc3cc(C)[nH]n3)n2)CC1. The van der Waals surface area contributed by atoms with Crippen LogP contribution in [0.5, 0.6) is 0 Å². The summed E-state index contributed by atoms with van der Waals surface area (Å²) in [5.41, 5.74) is 1.46. The lowest BCUT2D eigenvalue weighted by Crippen LogP contribution is -2.49. The highest BCUT2D eigenvalue weighted by molar-refractivity contribution is 5.88. The van der Waals surface area contributed by atoms with E-state index >= 15 is 0 Å². The average molecular weight is 532 g/mol. The van der Waals surface area contributed by atoms with Crippen LogP contribution in [0.1, 0.15) is 54.5 Å². The number of aromatic amines is 1. The first-order valence-corrected chi connectivity index (χ1v) is 12.6. The summed E-state index contributed by atoms with van der Waals surface area (Å²) in [5, 5.41) is 17.3. The van der Waals surface area contributed by atoms with Crippen molar-refractivity contribution in [2.75, 3.05) is 12.4 Å². The van der Waals surface area contributed by atoms with E-state index in [1.165, 1.54) is 18.0 Å². The molecule has 0 aliphatic heterocycles. The molecule has 11 nitrogen and oxygen atoms in total. The van der Waals surface area contributed by atoms with Gasteiger partial charge in [-0.05, 0) is 51.3 Å². The predicted octanol–water partition coefficient (Wildman–Crippen LogP) is 3.98. The van der Waals surface area contributed by atoms with Crippen molar-refractivity contribution in [3.63, 3.8) is 0 Å². The van der Waals surface area contributed by atoms with E-state index in [0.29, 0.717) is 36.1 Å². The number of aryl methyl sites for hydroxylation is 2. The molecule has 202 valence electrons. The minimum absolute atomic E-state index is 0.0660. The Balaban J connectivity index is 1.26. The number of anilines is 2. The standard InChI is InChI=1S/C27H30FN9O2/c1-16-11-22(33-23-12-17(2)35-36-23)34-25(31-16)19-7-9-27(39-4,10-8-19)26(38)32-18(3)20-5-6-24(29-13-20)37-15-21(28)14-30-37/h5-7,9,11-15,18-19H,8,10H2,1-4H3,(H,32,38)(H2,31,33,34,35,36)/t18-,19-,27-/m0/s1. The second-order valence-electron chi connectivity index (χ2n) is 9.66. The highest BCUT2D eigenvalue weighted by atomic mass is 19.1. The van der Waals surface area contributed by atoms with Crippen LogP contribution in [-0.4, -0.2) is 53.5 Å². The third kappa shape index (κ3) is 5.70. The zero-order valence-corrected chi connectivity index (χ0v) is 22.1. The van der Waals surface area contributed by atoms with Crippen molar-refractivity contribution in [3.05, 3.63) is 83.6 Å². The van der Waals surface area contributed by atoms with Gasteiger partial charge in [0, 0.05) is 42.7 Å². The zero-order chi connectivity index (χ0) is 27.6. The van der Waals surface area contributed by atoms with Crippen molar-refractivity contribution in [2.45, 2.75) is 51.2 Å². The Labute approximate surface area is 224 Å². The van der Waals surface area contributed by atoms with Crippen LogP contribution in [0, 0.1) is 19.7 Å². The molecule has 0 saturated heterocycles. The number of methoxy groups -OCH3 is 1. The van der Waals surface area contributed by atoms with Crippen LogP contribution in [0.4, 0.5) is 16.0 Å². The van der Waals surface area contributed by atoms with E-state index in [4.69, 9.17) is 9.72 Å². The molecule has 12 heteroatoms. The van der Waals surface area contributed by atoms with E-state index < -0.39 is 11.4 Å². The van der Waals surface area contributed by atoms with Gasteiger partial charge < -0.3 is 15.4 Å². The summed E-state index contributed by atoms with van der Waals surface area (Å²) >= 11 is 0. The van der Waals surface area contributed by atoms with Crippen LogP contribution >= 0.6 is 0 Å². The van der Waals surface area contributed by atoms with Gasteiger partial charge in [-0.15, -0.1) is 0 Å². The molecular formula is C27H30FN9O2. The Hall–Kier alpha value is -4.45. The van der Waals surface area contributed by atoms with Gasteiger partial charge in [-0.1, -0.05) is 12.1 Å². The van der Waals surface area contributed by atoms with E-state index in [-0.39, 0.29) is 17.9 Å². The predicted molar refractivity (Wildman–Crippen MR) is 142 cm³/mol. The molecule has 39 heavy (non-hydrogen) atoms. The van der Waals surface area contributed by atoms with Crippen LogP contribution in [0.2, 0.25) is 0 Å². The van der Waals surface area contributed by atoms with Crippen LogP contribution in [0.25, 0.3) is 5.82 Å². The van der Waals surface area contributed by atoms with E-state index in [1.807, 2.05) is 45.0 Å². The molecular weight excluding hydrogens is 501 g/mol. The molecule has 1 aliphatic rings. The first kappa shape index (κ1) is 26.2. The molecule has 0 spiro atoms. The monoisotopic (exact) mass is 531 g/mol. The molecule has 0 saturated carbocycles. The van der Waals surface area contributed by atoms with Crippen molar-refractivity contribution in [1.29, 1.82) is 0 Å². The van der Waals surface area contributed by atoms with Crippen molar-refractivity contribution >= 4 is 17.5 Å². The fourth-order valence-electron chi connectivity index (χ4n) is 4.54. The molecule has 0 bridgehead atoms. The Morgan fingerprint density at radius 3 is 2.69 bits per heavy atom. The lowest BCUT2D eigenvalue weighted by Gasteiger charge is -2.34. The summed E-state index contributed by atoms with van der Waals surface area (Å²) in [4.78, 5) is 27.0. The maximum Gasteiger partial charge on any atom is 0.256 e. The van der Waals surface area contributed by atoms with Gasteiger partial charge in [-0.3, -0.25) is 9.89 Å². The van der Waals surface area contributed by atoms with Crippen LogP contribution in [0.15, 0.2) is 55.0 Å². The van der Waals surface area contributed by atoms with E-state index in [1.54, 1.807) is 18.3 Å². The highest BCUT2D eigenvalue weighted by Crippen LogP contribution is 2.34. The third-order valence-electron chi connectivity index (χ3n) is 6.74. The maximum atomic E-state index is 13.4. The summed E-state index contributed by atoms with van der Waals surface area (Å²) in [6, 6.07) is 6.98. The van der Waals surface area contributed by atoms with Gasteiger partial charge in [0.2, 0.25) is 0 Å². The molecule has 4 aromatic heterocycles. The van der Waals surface area contributed by atoms with Gasteiger partial charge in [-0.25, -0.2) is 24.0 Å². The molecule has 0 fully saturated rings. The number of allylic oxidation sites excluding steroid dienone is 1. The van der Waals surface area contributed by atoms with Gasteiger partial charge in [0.25, 0.3) is 5.91 Å². The quantitative estimate of drug-likeness (QED) is 0.291. The van der Waals surface area contributed by atoms with E-state index in [2.05, 4.69) is 35.9 Å². The molecule has 4 heterocycles. The summed E-state index contributed by atoms with van der Waals surface area (Å²) in [6.45, 7) is 5.72. The number of pyridine rings is 1. The largest absolute Gasteiger partial charge is 0.364 e. The number of nitrogens with one attached hydrogen (secondary N) is 3. The average Bonchev–Trinajstić information content (AvgIpc) is 3.55. The molecule has 1 aliphatic carbocycles. The topological polar surface area (TPSA) is 136 Å². The third-order valence-corrected chi connectivity index (χ3v) is 6.74. The Morgan fingerprint density at radius 1 is 1.23 bits per heavy atom. The first-order chi connectivity index (χ1) is 18.7. The molecule has 0 unspecified atom stereocenters. The van der Waals surface area contributed by atoms with Crippen molar-refractivity contribution in [3.8, 4) is 5.82 Å². The van der Waals surface area contributed by atoms with Gasteiger partial charge in [0.15, 0.2) is 23.1 Å². The molecule has 3 N–H and O–H groups in total. The van der Waals surface area contributed by atoms with Crippen molar-refractivity contribution < 1.29 is 13.9 Å².